The van der Waals surface area contributed by atoms with Crippen molar-refractivity contribution in [2.75, 3.05) is 7.11 Å². The third kappa shape index (κ3) is 1.36. The first-order chi connectivity index (χ1) is 6.74. The summed E-state index contributed by atoms with van der Waals surface area (Å²) < 4.78 is 5.49. The van der Waals surface area contributed by atoms with E-state index in [1.807, 2.05) is 6.07 Å². The molecule has 5 heteroatoms. The molecule has 0 atom stereocenters. The number of fused-ring (bicyclic) bond motifs is 1. The molecule has 3 nitrogen and oxygen atoms in total. The van der Waals surface area contributed by atoms with Gasteiger partial charge in [0.15, 0.2) is 0 Å². The van der Waals surface area contributed by atoms with E-state index in [1.165, 1.54) is 18.4 Å². The number of ether oxygens (including phenoxy) is 1. The van der Waals surface area contributed by atoms with Crippen molar-refractivity contribution in [2.24, 2.45) is 0 Å². The molecule has 0 aliphatic carbocycles. The Morgan fingerprint density at radius 1 is 1.64 bits per heavy atom. The van der Waals surface area contributed by atoms with E-state index in [-0.39, 0.29) is 0 Å². The molecule has 2 rings (SSSR count). The second-order valence-electron chi connectivity index (χ2n) is 2.59. The van der Waals surface area contributed by atoms with E-state index in [2.05, 4.69) is 9.72 Å². The number of carbonyl (C=O) groups excluding carboxylic acids is 1. The molecule has 0 amide bonds. The molecule has 0 aliphatic heterocycles. The Hall–Kier alpha value is -1.13. The van der Waals surface area contributed by atoms with Crippen LogP contribution in [-0.4, -0.2) is 18.1 Å². The largest absolute Gasteiger partial charge is 0.465 e. The fourth-order valence-corrected chi connectivity index (χ4v) is 2.49. The Morgan fingerprint density at radius 3 is 3.07 bits per heavy atom. The zero-order valence-corrected chi connectivity index (χ0v) is 8.85. The van der Waals surface area contributed by atoms with Gasteiger partial charge in [0.2, 0.25) is 0 Å². The summed E-state index contributed by atoms with van der Waals surface area (Å²) in [7, 11) is 1.33. The van der Waals surface area contributed by atoms with Crippen molar-refractivity contribution < 1.29 is 9.53 Å². The van der Waals surface area contributed by atoms with Crippen LogP contribution in [-0.2, 0) is 4.74 Å². The van der Waals surface area contributed by atoms with Crippen molar-refractivity contribution >= 4 is 39.1 Å². The number of hydrogen-bond donors (Lipinski definition) is 0. The fraction of sp³-hybridized carbons (Fsp3) is 0.111. The zero-order chi connectivity index (χ0) is 10.1. The van der Waals surface area contributed by atoms with E-state index >= 15 is 0 Å². The predicted octanol–water partition coefficient (Wildman–Crippen LogP) is 2.74. The number of nitrogens with zero attached hydrogens (tertiary/aromatic N) is 1. The van der Waals surface area contributed by atoms with Gasteiger partial charge < -0.3 is 4.74 Å². The summed E-state index contributed by atoms with van der Waals surface area (Å²) in [5.41, 5.74) is 0.652. The lowest BCUT2D eigenvalue weighted by Crippen LogP contribution is -1.98. The molecule has 72 valence electrons. The van der Waals surface area contributed by atoms with E-state index in [0.29, 0.717) is 15.4 Å². The second-order valence-corrected chi connectivity index (χ2v) is 4.02. The summed E-state index contributed by atoms with van der Waals surface area (Å²) >= 11 is 7.27. The lowest BCUT2D eigenvalue weighted by atomic mass is 10.4. The number of esters is 1. The van der Waals surface area contributed by atoms with Crippen LogP contribution in [0, 0.1) is 0 Å². The van der Waals surface area contributed by atoms with Gasteiger partial charge in [-0.2, -0.15) is 0 Å². The topological polar surface area (TPSA) is 39.2 Å². The second kappa shape index (κ2) is 3.55. The van der Waals surface area contributed by atoms with Crippen LogP contribution in [0.1, 0.15) is 9.67 Å². The Bertz CT molecular complexity index is 495. The van der Waals surface area contributed by atoms with Crippen LogP contribution in [0.25, 0.3) is 10.2 Å². The SMILES string of the molecule is COC(=O)c1sc2cccnc2c1Cl. The van der Waals surface area contributed by atoms with Crippen molar-refractivity contribution in [1.82, 2.24) is 4.98 Å². The molecule has 0 fully saturated rings. The Kier molecular flexibility index (Phi) is 2.39. The average Bonchev–Trinajstić information content (AvgIpc) is 2.56. The summed E-state index contributed by atoms with van der Waals surface area (Å²) in [6, 6.07) is 3.67. The monoisotopic (exact) mass is 227 g/mol. The first kappa shape index (κ1) is 9.43. The van der Waals surface area contributed by atoms with Crippen LogP contribution in [0.4, 0.5) is 0 Å². The van der Waals surface area contributed by atoms with Gasteiger partial charge in [-0.15, -0.1) is 11.3 Å². The highest BCUT2D eigenvalue weighted by molar-refractivity contribution is 7.21. The zero-order valence-electron chi connectivity index (χ0n) is 7.28. The molecule has 2 aromatic rings. The van der Waals surface area contributed by atoms with Gasteiger partial charge in [0.25, 0.3) is 0 Å². The fourth-order valence-electron chi connectivity index (χ4n) is 1.12. The van der Waals surface area contributed by atoms with Gasteiger partial charge in [0.05, 0.1) is 16.8 Å². The summed E-state index contributed by atoms with van der Waals surface area (Å²) in [5.74, 6) is -0.419. The standard InChI is InChI=1S/C9H6ClNO2S/c1-13-9(12)8-6(10)7-5(14-8)3-2-4-11-7/h2-4H,1H3. The van der Waals surface area contributed by atoms with E-state index in [4.69, 9.17) is 11.6 Å². The molecule has 0 aliphatic rings. The number of hydrogen-bond acceptors (Lipinski definition) is 4. The molecule has 2 heterocycles. The van der Waals surface area contributed by atoms with Crippen molar-refractivity contribution in [1.29, 1.82) is 0 Å². The van der Waals surface area contributed by atoms with Crippen LogP contribution in [0.2, 0.25) is 5.02 Å². The molecule has 0 saturated carbocycles. The highest BCUT2D eigenvalue weighted by Crippen LogP contribution is 2.33. The van der Waals surface area contributed by atoms with Gasteiger partial charge in [0, 0.05) is 6.20 Å². The normalized spacial score (nSPS) is 10.4. The van der Waals surface area contributed by atoms with Crippen molar-refractivity contribution in [3.05, 3.63) is 28.2 Å². The Morgan fingerprint density at radius 2 is 2.43 bits per heavy atom. The van der Waals surface area contributed by atoms with E-state index in [0.717, 1.165) is 4.70 Å². The minimum atomic E-state index is -0.419. The first-order valence-electron chi connectivity index (χ1n) is 3.85. The number of thiophene rings is 1. The lowest BCUT2D eigenvalue weighted by molar-refractivity contribution is 0.0606. The predicted molar refractivity (Wildman–Crippen MR) is 56.0 cm³/mol. The van der Waals surface area contributed by atoms with Crippen LogP contribution in [0.5, 0.6) is 0 Å². The molecule has 0 N–H and O–H groups in total. The molecule has 0 radical (unpaired) electrons. The minimum Gasteiger partial charge on any atom is -0.465 e. The molecule has 2 aromatic heterocycles. The van der Waals surface area contributed by atoms with Crippen LogP contribution >= 0.6 is 22.9 Å². The van der Waals surface area contributed by atoms with Crippen molar-refractivity contribution in [3.63, 3.8) is 0 Å². The molecule has 0 spiro atoms. The van der Waals surface area contributed by atoms with E-state index in [9.17, 15) is 4.79 Å². The van der Waals surface area contributed by atoms with Crippen LogP contribution in [0.3, 0.4) is 0 Å². The van der Waals surface area contributed by atoms with Crippen LogP contribution < -0.4 is 0 Å². The smallest absolute Gasteiger partial charge is 0.349 e. The summed E-state index contributed by atoms with van der Waals surface area (Å²) in [6.07, 6.45) is 1.64. The summed E-state index contributed by atoms with van der Waals surface area (Å²) in [4.78, 5) is 15.8. The highest BCUT2D eigenvalue weighted by Gasteiger charge is 2.17. The highest BCUT2D eigenvalue weighted by atomic mass is 35.5. The van der Waals surface area contributed by atoms with E-state index < -0.39 is 5.97 Å². The van der Waals surface area contributed by atoms with Crippen molar-refractivity contribution in [2.45, 2.75) is 0 Å². The maximum Gasteiger partial charge on any atom is 0.349 e. The maximum absolute atomic E-state index is 11.3. The van der Waals surface area contributed by atoms with Crippen molar-refractivity contribution in [3.8, 4) is 0 Å². The minimum absolute atomic E-state index is 0.373. The summed E-state index contributed by atoms with van der Waals surface area (Å²) in [5, 5.41) is 0.373. The number of pyridine rings is 1. The molecule has 0 unspecified atom stereocenters. The number of rotatable bonds is 1. The summed E-state index contributed by atoms with van der Waals surface area (Å²) in [6.45, 7) is 0. The van der Waals surface area contributed by atoms with Gasteiger partial charge in [-0.3, -0.25) is 4.98 Å². The molecular formula is C9H6ClNO2S. The lowest BCUT2D eigenvalue weighted by Gasteiger charge is -1.93. The maximum atomic E-state index is 11.3. The third-order valence-electron chi connectivity index (χ3n) is 1.76. The number of carbonyl (C=O) groups is 1. The Balaban J connectivity index is 2.68. The molecular weight excluding hydrogens is 222 g/mol. The van der Waals surface area contributed by atoms with Gasteiger partial charge in [-0.1, -0.05) is 11.6 Å². The molecule has 0 saturated heterocycles. The molecule has 14 heavy (non-hydrogen) atoms. The van der Waals surface area contributed by atoms with Gasteiger partial charge in [-0.05, 0) is 12.1 Å². The average molecular weight is 228 g/mol. The quantitative estimate of drug-likeness (QED) is 0.704. The first-order valence-corrected chi connectivity index (χ1v) is 5.05. The van der Waals surface area contributed by atoms with Gasteiger partial charge in [-0.25, -0.2) is 4.79 Å². The van der Waals surface area contributed by atoms with Crippen LogP contribution in [0.15, 0.2) is 18.3 Å². The Labute approximate surface area is 89.3 Å². The molecule has 0 bridgehead atoms. The van der Waals surface area contributed by atoms with E-state index in [1.54, 1.807) is 12.3 Å². The molecule has 0 aromatic carbocycles. The number of halogens is 1. The number of methoxy groups -OCH3 is 1. The van der Waals surface area contributed by atoms with Gasteiger partial charge >= 0.3 is 5.97 Å². The van der Waals surface area contributed by atoms with Gasteiger partial charge in [0.1, 0.15) is 10.4 Å². The number of aromatic nitrogens is 1. The third-order valence-corrected chi connectivity index (χ3v) is 3.37.